The summed E-state index contributed by atoms with van der Waals surface area (Å²) in [5, 5.41) is 15.6. The topological polar surface area (TPSA) is 81.6 Å². The maximum absolute atomic E-state index is 14.1. The number of benzene rings is 2. The Bertz CT molecular complexity index is 1430. The molecule has 2 aromatic heterocycles. The van der Waals surface area contributed by atoms with Gasteiger partial charge in [0.2, 0.25) is 5.95 Å². The standard InChI is InChI=1S/C29H32ClN5O2S/c1-31-21-9-11-22(12-10-21)35(28(37)27-26(30)23-6-4-5-7-25(23)38-27)17-19-14-18(8-13-24(19)36)20-15-32-29(33-16-20)34(2)3/h4-8,13-16,21-22,31,36H,9-12,17H2,1-3H3. The molecule has 0 unspecified atom stereocenters. The highest BCUT2D eigenvalue weighted by Gasteiger charge is 2.32. The van der Waals surface area contributed by atoms with Gasteiger partial charge in [-0.25, -0.2) is 9.97 Å². The molecule has 38 heavy (non-hydrogen) atoms. The van der Waals surface area contributed by atoms with Crippen molar-refractivity contribution in [2.45, 2.75) is 44.3 Å². The number of halogens is 1. The molecule has 9 heteroatoms. The average molecular weight is 550 g/mol. The van der Waals surface area contributed by atoms with Gasteiger partial charge in [0.15, 0.2) is 0 Å². The molecule has 2 heterocycles. The van der Waals surface area contributed by atoms with E-state index in [1.807, 2.05) is 67.3 Å². The van der Waals surface area contributed by atoms with Crippen LogP contribution in [0.1, 0.15) is 40.9 Å². The van der Waals surface area contributed by atoms with Crippen molar-refractivity contribution in [3.63, 3.8) is 0 Å². The lowest BCUT2D eigenvalue weighted by Gasteiger charge is -2.37. The van der Waals surface area contributed by atoms with E-state index in [2.05, 4.69) is 15.3 Å². The molecule has 0 saturated heterocycles. The molecule has 1 saturated carbocycles. The van der Waals surface area contributed by atoms with Crippen molar-refractivity contribution in [2.75, 3.05) is 26.0 Å². The molecule has 1 fully saturated rings. The minimum Gasteiger partial charge on any atom is -0.508 e. The molecule has 0 radical (unpaired) electrons. The van der Waals surface area contributed by atoms with Crippen LogP contribution in [0.25, 0.3) is 21.2 Å². The first-order valence-electron chi connectivity index (χ1n) is 12.8. The number of amides is 1. The van der Waals surface area contributed by atoms with E-state index in [0.717, 1.165) is 46.9 Å². The van der Waals surface area contributed by atoms with Crippen LogP contribution in [0.4, 0.5) is 5.95 Å². The Morgan fingerprint density at radius 3 is 2.45 bits per heavy atom. The molecule has 7 nitrogen and oxygen atoms in total. The maximum atomic E-state index is 14.1. The molecule has 2 aromatic carbocycles. The van der Waals surface area contributed by atoms with Crippen LogP contribution in [0, 0.1) is 0 Å². The third-order valence-electron chi connectivity index (χ3n) is 7.33. The quantitative estimate of drug-likeness (QED) is 0.296. The van der Waals surface area contributed by atoms with Crippen LogP contribution in [0.3, 0.4) is 0 Å². The fraction of sp³-hybridized carbons (Fsp3) is 0.345. The third-order valence-corrected chi connectivity index (χ3v) is 8.99. The summed E-state index contributed by atoms with van der Waals surface area (Å²) >= 11 is 8.17. The highest BCUT2D eigenvalue weighted by atomic mass is 35.5. The number of carbonyl (C=O) groups is 1. The monoisotopic (exact) mass is 549 g/mol. The lowest BCUT2D eigenvalue weighted by molar-refractivity contribution is 0.0605. The van der Waals surface area contributed by atoms with Crippen LogP contribution in [0.15, 0.2) is 54.9 Å². The van der Waals surface area contributed by atoms with Crippen molar-refractivity contribution in [1.29, 1.82) is 0 Å². The molecule has 0 spiro atoms. The second-order valence-corrected chi connectivity index (χ2v) is 11.4. The molecule has 4 aromatic rings. The number of hydrogen-bond acceptors (Lipinski definition) is 7. The van der Waals surface area contributed by atoms with Crippen LogP contribution in [-0.4, -0.2) is 59.1 Å². The Morgan fingerprint density at radius 2 is 1.79 bits per heavy atom. The summed E-state index contributed by atoms with van der Waals surface area (Å²) in [5.74, 6) is 0.693. The fourth-order valence-electron chi connectivity index (χ4n) is 5.10. The number of phenolic OH excluding ortho intramolecular Hbond substituents is 1. The Balaban J connectivity index is 1.49. The first kappa shape index (κ1) is 26.4. The number of nitrogens with zero attached hydrogens (tertiary/aromatic N) is 4. The molecule has 1 amide bonds. The van der Waals surface area contributed by atoms with Gasteiger partial charge in [-0.05, 0) is 56.5 Å². The Morgan fingerprint density at radius 1 is 1.08 bits per heavy atom. The molecule has 2 N–H and O–H groups in total. The second-order valence-electron chi connectivity index (χ2n) is 9.98. The van der Waals surface area contributed by atoms with Crippen LogP contribution in [0.2, 0.25) is 5.02 Å². The number of rotatable bonds is 7. The third kappa shape index (κ3) is 5.34. The van der Waals surface area contributed by atoms with E-state index in [4.69, 9.17) is 11.6 Å². The van der Waals surface area contributed by atoms with Crippen molar-refractivity contribution in [3.8, 4) is 16.9 Å². The fourth-order valence-corrected chi connectivity index (χ4v) is 6.57. The summed E-state index contributed by atoms with van der Waals surface area (Å²) in [6.45, 7) is 0.286. The van der Waals surface area contributed by atoms with E-state index in [-0.39, 0.29) is 24.2 Å². The van der Waals surface area contributed by atoms with Gasteiger partial charge in [-0.3, -0.25) is 4.79 Å². The van der Waals surface area contributed by atoms with Crippen molar-refractivity contribution in [1.82, 2.24) is 20.2 Å². The van der Waals surface area contributed by atoms with E-state index in [1.165, 1.54) is 11.3 Å². The minimum absolute atomic E-state index is 0.0548. The molecule has 1 aliphatic carbocycles. The summed E-state index contributed by atoms with van der Waals surface area (Å²) in [6.07, 6.45) is 7.31. The first-order chi connectivity index (χ1) is 18.4. The number of thiophene rings is 1. The van der Waals surface area contributed by atoms with Crippen LogP contribution >= 0.6 is 22.9 Å². The first-order valence-corrected chi connectivity index (χ1v) is 14.0. The number of anilines is 1. The van der Waals surface area contributed by atoms with E-state index in [0.29, 0.717) is 27.5 Å². The van der Waals surface area contributed by atoms with Gasteiger partial charge in [0.05, 0.1) is 5.02 Å². The van der Waals surface area contributed by atoms with Gasteiger partial charge in [-0.1, -0.05) is 35.9 Å². The zero-order chi connectivity index (χ0) is 26.8. The Kier molecular flexibility index (Phi) is 7.83. The van der Waals surface area contributed by atoms with Crippen LogP contribution < -0.4 is 10.2 Å². The van der Waals surface area contributed by atoms with Crippen LogP contribution in [0.5, 0.6) is 5.75 Å². The van der Waals surface area contributed by atoms with Gasteiger partial charge in [0.1, 0.15) is 10.6 Å². The summed E-state index contributed by atoms with van der Waals surface area (Å²) in [5.41, 5.74) is 2.41. The average Bonchev–Trinajstić information content (AvgIpc) is 3.28. The smallest absolute Gasteiger partial charge is 0.266 e. The molecular formula is C29H32ClN5O2S. The SMILES string of the molecule is CNC1CCC(N(Cc2cc(-c3cnc(N(C)C)nc3)ccc2O)C(=O)c2sc3ccccc3c2Cl)CC1. The van der Waals surface area contributed by atoms with E-state index >= 15 is 0 Å². The van der Waals surface area contributed by atoms with Crippen molar-refractivity contribution in [3.05, 3.63) is 70.3 Å². The number of nitrogens with one attached hydrogen (secondary N) is 1. The lowest BCUT2D eigenvalue weighted by Crippen LogP contribution is -2.44. The molecule has 1 aliphatic rings. The summed E-state index contributed by atoms with van der Waals surface area (Å²) < 4.78 is 0.991. The number of aromatic nitrogens is 2. The van der Waals surface area contributed by atoms with Gasteiger partial charge in [-0.2, -0.15) is 0 Å². The summed E-state index contributed by atoms with van der Waals surface area (Å²) in [4.78, 5) is 27.2. The second kappa shape index (κ2) is 11.3. The number of phenols is 1. The molecule has 198 valence electrons. The zero-order valence-electron chi connectivity index (χ0n) is 21.8. The number of hydrogen-bond donors (Lipinski definition) is 2. The molecule has 0 aliphatic heterocycles. The van der Waals surface area contributed by atoms with E-state index in [9.17, 15) is 9.90 Å². The zero-order valence-corrected chi connectivity index (χ0v) is 23.4. The highest BCUT2D eigenvalue weighted by Crippen LogP contribution is 2.38. The molecule has 0 atom stereocenters. The van der Waals surface area contributed by atoms with Crippen LogP contribution in [-0.2, 0) is 6.54 Å². The molecule has 0 bridgehead atoms. The van der Waals surface area contributed by atoms with Gasteiger partial charge in [0, 0.05) is 66.3 Å². The normalized spacial score (nSPS) is 17.5. The largest absolute Gasteiger partial charge is 0.508 e. The van der Waals surface area contributed by atoms with Crippen molar-refractivity contribution < 1.29 is 9.90 Å². The minimum atomic E-state index is -0.0902. The molecular weight excluding hydrogens is 518 g/mol. The van der Waals surface area contributed by atoms with E-state index < -0.39 is 0 Å². The molecule has 5 rings (SSSR count). The summed E-state index contributed by atoms with van der Waals surface area (Å²) in [7, 11) is 5.78. The van der Waals surface area contributed by atoms with Gasteiger partial charge in [0.25, 0.3) is 5.91 Å². The Labute approximate surface area is 232 Å². The number of carbonyl (C=O) groups excluding carboxylic acids is 1. The lowest BCUT2D eigenvalue weighted by atomic mass is 9.89. The maximum Gasteiger partial charge on any atom is 0.266 e. The van der Waals surface area contributed by atoms with Gasteiger partial charge < -0.3 is 20.2 Å². The van der Waals surface area contributed by atoms with Gasteiger partial charge in [-0.15, -0.1) is 11.3 Å². The Hall–Kier alpha value is -3.20. The van der Waals surface area contributed by atoms with Crippen molar-refractivity contribution >= 4 is 44.9 Å². The van der Waals surface area contributed by atoms with E-state index in [1.54, 1.807) is 18.5 Å². The number of fused-ring (bicyclic) bond motifs is 1. The van der Waals surface area contributed by atoms with Gasteiger partial charge >= 0.3 is 0 Å². The summed E-state index contributed by atoms with van der Waals surface area (Å²) in [6, 6.07) is 13.8. The predicted molar refractivity (Wildman–Crippen MR) is 155 cm³/mol. The van der Waals surface area contributed by atoms with Crippen molar-refractivity contribution in [2.24, 2.45) is 0 Å². The predicted octanol–water partition coefficient (Wildman–Crippen LogP) is 5.96. The highest BCUT2D eigenvalue weighted by molar-refractivity contribution is 7.21. The number of aromatic hydroxyl groups is 1.